The summed E-state index contributed by atoms with van der Waals surface area (Å²) in [4.78, 5) is 0. The van der Waals surface area contributed by atoms with Crippen LogP contribution in [0, 0.1) is 0 Å². The first kappa shape index (κ1) is 10.8. The molecule has 2 atom stereocenters. The number of nitrogens with two attached hydrogens (primary N) is 1. The third-order valence-corrected chi connectivity index (χ3v) is 3.77. The minimum absolute atomic E-state index is 0.277. The summed E-state index contributed by atoms with van der Waals surface area (Å²) < 4.78 is 5.83. The third kappa shape index (κ3) is 2.89. The minimum Gasteiger partial charge on any atom is -0.489 e. The molecule has 0 fully saturated rings. The predicted molar refractivity (Wildman–Crippen MR) is 65.5 cm³/mol. The van der Waals surface area contributed by atoms with Crippen LogP contribution in [-0.2, 0) is 6.42 Å². The molecule has 2 rings (SSSR count). The van der Waals surface area contributed by atoms with Crippen LogP contribution >= 0.6 is 11.8 Å². The van der Waals surface area contributed by atoms with Gasteiger partial charge in [0.15, 0.2) is 0 Å². The second-order valence-electron chi connectivity index (χ2n) is 4.07. The maximum Gasteiger partial charge on any atom is 0.123 e. The zero-order valence-corrected chi connectivity index (χ0v) is 9.80. The first-order chi connectivity index (χ1) is 7.25. The molecule has 0 aromatic heterocycles. The Morgan fingerprint density at radius 2 is 2.33 bits per heavy atom. The molecule has 2 unspecified atom stereocenters. The second kappa shape index (κ2) is 4.90. The molecule has 2 N–H and O–H groups in total. The molecule has 82 valence electrons. The summed E-state index contributed by atoms with van der Waals surface area (Å²) in [7, 11) is 0. The third-order valence-electron chi connectivity index (χ3n) is 2.40. The highest BCUT2D eigenvalue weighted by Crippen LogP contribution is 2.29. The van der Waals surface area contributed by atoms with E-state index in [1.54, 1.807) is 0 Å². The molecule has 0 amide bonds. The number of para-hydroxylation sites is 1. The van der Waals surface area contributed by atoms with Crippen LogP contribution in [0.1, 0.15) is 12.5 Å². The monoisotopic (exact) mass is 223 g/mol. The van der Waals surface area contributed by atoms with Gasteiger partial charge in [-0.15, -0.1) is 0 Å². The topological polar surface area (TPSA) is 35.2 Å². The van der Waals surface area contributed by atoms with Gasteiger partial charge in [-0.2, -0.15) is 11.8 Å². The molecule has 3 heteroatoms. The van der Waals surface area contributed by atoms with E-state index in [9.17, 15) is 0 Å². The lowest BCUT2D eigenvalue weighted by atomic mass is 10.1. The standard InChI is InChI=1S/C12H17NOS/c1-9(13)7-15-8-11-6-10-4-2-3-5-12(10)14-11/h2-5,9,11H,6-8,13H2,1H3. The van der Waals surface area contributed by atoms with Crippen LogP contribution in [-0.4, -0.2) is 23.7 Å². The Bertz CT molecular complexity index is 302. The number of hydrogen-bond acceptors (Lipinski definition) is 3. The summed E-state index contributed by atoms with van der Waals surface area (Å²) in [5, 5.41) is 0. The van der Waals surface area contributed by atoms with Crippen LogP contribution < -0.4 is 10.5 Å². The van der Waals surface area contributed by atoms with Crippen molar-refractivity contribution < 1.29 is 4.74 Å². The van der Waals surface area contributed by atoms with Gasteiger partial charge in [0.05, 0.1) is 0 Å². The van der Waals surface area contributed by atoms with Gasteiger partial charge in [0.1, 0.15) is 11.9 Å². The van der Waals surface area contributed by atoms with Gasteiger partial charge in [-0.05, 0) is 18.6 Å². The van der Waals surface area contributed by atoms with Crippen molar-refractivity contribution in [3.63, 3.8) is 0 Å². The fourth-order valence-electron chi connectivity index (χ4n) is 1.73. The van der Waals surface area contributed by atoms with E-state index in [0.29, 0.717) is 6.10 Å². The summed E-state index contributed by atoms with van der Waals surface area (Å²) in [5.74, 6) is 3.11. The fraction of sp³-hybridized carbons (Fsp3) is 0.500. The summed E-state index contributed by atoms with van der Waals surface area (Å²) >= 11 is 1.88. The van der Waals surface area contributed by atoms with E-state index in [1.165, 1.54) is 5.56 Å². The number of thioether (sulfide) groups is 1. The van der Waals surface area contributed by atoms with Gasteiger partial charge in [-0.3, -0.25) is 0 Å². The molecule has 0 aliphatic carbocycles. The Balaban J connectivity index is 1.80. The lowest BCUT2D eigenvalue weighted by Gasteiger charge is -2.11. The Morgan fingerprint density at radius 3 is 3.07 bits per heavy atom. The maximum atomic E-state index is 5.83. The summed E-state index contributed by atoms with van der Waals surface area (Å²) in [5.41, 5.74) is 7.04. The Morgan fingerprint density at radius 1 is 1.53 bits per heavy atom. The first-order valence-corrected chi connectivity index (χ1v) is 6.49. The number of hydrogen-bond donors (Lipinski definition) is 1. The van der Waals surface area contributed by atoms with E-state index in [-0.39, 0.29) is 6.04 Å². The van der Waals surface area contributed by atoms with Crippen molar-refractivity contribution in [2.75, 3.05) is 11.5 Å². The van der Waals surface area contributed by atoms with Gasteiger partial charge in [-0.25, -0.2) is 0 Å². The molecule has 0 spiro atoms. The predicted octanol–water partition coefficient (Wildman–Crippen LogP) is 2.07. The summed E-state index contributed by atoms with van der Waals surface area (Å²) in [6.07, 6.45) is 1.38. The summed E-state index contributed by atoms with van der Waals surface area (Å²) in [6.45, 7) is 2.04. The Kier molecular flexibility index (Phi) is 3.54. The zero-order chi connectivity index (χ0) is 10.7. The molecular weight excluding hydrogens is 206 g/mol. The molecular formula is C12H17NOS. The summed E-state index contributed by atoms with van der Waals surface area (Å²) in [6, 6.07) is 8.56. The number of ether oxygens (including phenoxy) is 1. The van der Waals surface area contributed by atoms with Crippen LogP contribution in [0.25, 0.3) is 0 Å². The van der Waals surface area contributed by atoms with E-state index in [4.69, 9.17) is 10.5 Å². The Labute approximate surface area is 95.2 Å². The quantitative estimate of drug-likeness (QED) is 0.848. The van der Waals surface area contributed by atoms with Gasteiger partial charge in [0.25, 0.3) is 0 Å². The highest BCUT2D eigenvalue weighted by molar-refractivity contribution is 7.99. The lowest BCUT2D eigenvalue weighted by Crippen LogP contribution is -2.21. The van der Waals surface area contributed by atoms with Crippen molar-refractivity contribution in [2.45, 2.75) is 25.5 Å². The van der Waals surface area contributed by atoms with Crippen molar-refractivity contribution in [2.24, 2.45) is 5.73 Å². The maximum absolute atomic E-state index is 5.83. The SMILES string of the molecule is CC(N)CSCC1Cc2ccccc2O1. The highest BCUT2D eigenvalue weighted by atomic mass is 32.2. The highest BCUT2D eigenvalue weighted by Gasteiger charge is 2.21. The van der Waals surface area contributed by atoms with Gasteiger partial charge in [0, 0.05) is 24.0 Å². The molecule has 15 heavy (non-hydrogen) atoms. The molecule has 0 saturated heterocycles. The average molecular weight is 223 g/mol. The van der Waals surface area contributed by atoms with Crippen molar-refractivity contribution >= 4 is 11.8 Å². The number of benzene rings is 1. The fourth-order valence-corrected chi connectivity index (χ4v) is 2.69. The zero-order valence-electron chi connectivity index (χ0n) is 8.98. The molecule has 1 aromatic carbocycles. The molecule has 0 bridgehead atoms. The normalized spacial score (nSPS) is 20.8. The van der Waals surface area contributed by atoms with E-state index in [2.05, 4.69) is 12.1 Å². The van der Waals surface area contributed by atoms with E-state index in [0.717, 1.165) is 23.7 Å². The molecule has 1 aromatic rings. The Hall–Kier alpha value is -0.670. The molecule has 0 saturated carbocycles. The smallest absolute Gasteiger partial charge is 0.123 e. The van der Waals surface area contributed by atoms with Gasteiger partial charge in [0.2, 0.25) is 0 Å². The molecule has 0 radical (unpaired) electrons. The van der Waals surface area contributed by atoms with Crippen molar-refractivity contribution in [3.05, 3.63) is 29.8 Å². The lowest BCUT2D eigenvalue weighted by molar-refractivity contribution is 0.259. The molecule has 2 nitrogen and oxygen atoms in total. The molecule has 1 heterocycles. The van der Waals surface area contributed by atoms with Crippen LogP contribution in [0.15, 0.2) is 24.3 Å². The van der Waals surface area contributed by atoms with Crippen LogP contribution in [0.5, 0.6) is 5.75 Å². The first-order valence-electron chi connectivity index (χ1n) is 5.33. The number of fused-ring (bicyclic) bond motifs is 1. The van der Waals surface area contributed by atoms with Crippen molar-refractivity contribution in [1.82, 2.24) is 0 Å². The van der Waals surface area contributed by atoms with Crippen molar-refractivity contribution in [3.8, 4) is 5.75 Å². The van der Waals surface area contributed by atoms with Gasteiger partial charge in [-0.1, -0.05) is 18.2 Å². The van der Waals surface area contributed by atoms with Crippen LogP contribution in [0.4, 0.5) is 0 Å². The van der Waals surface area contributed by atoms with Gasteiger partial charge >= 0.3 is 0 Å². The minimum atomic E-state index is 0.277. The molecule has 1 aliphatic rings. The van der Waals surface area contributed by atoms with E-state index >= 15 is 0 Å². The van der Waals surface area contributed by atoms with E-state index < -0.39 is 0 Å². The van der Waals surface area contributed by atoms with E-state index in [1.807, 2.05) is 30.8 Å². The van der Waals surface area contributed by atoms with Crippen LogP contribution in [0.3, 0.4) is 0 Å². The molecule has 1 aliphatic heterocycles. The number of rotatable bonds is 4. The second-order valence-corrected chi connectivity index (χ2v) is 5.14. The van der Waals surface area contributed by atoms with Crippen LogP contribution in [0.2, 0.25) is 0 Å². The van der Waals surface area contributed by atoms with Crippen molar-refractivity contribution in [1.29, 1.82) is 0 Å². The largest absolute Gasteiger partial charge is 0.489 e. The van der Waals surface area contributed by atoms with Gasteiger partial charge < -0.3 is 10.5 Å². The average Bonchev–Trinajstić information content (AvgIpc) is 2.59.